The molecule has 0 aromatic heterocycles. The molecule has 2 amide bonds. The monoisotopic (exact) mass is 765 g/mol. The van der Waals surface area contributed by atoms with Gasteiger partial charge in [0.25, 0.3) is 0 Å². The first-order valence-corrected chi connectivity index (χ1v) is 24.8. The van der Waals surface area contributed by atoms with Gasteiger partial charge in [0, 0.05) is 26.8 Å². The van der Waals surface area contributed by atoms with Crippen LogP contribution in [0.15, 0.2) is 0 Å². The lowest BCUT2D eigenvalue weighted by Gasteiger charge is -2.18. The molecule has 0 aromatic carbocycles. The van der Waals surface area contributed by atoms with E-state index in [0.717, 1.165) is 13.0 Å². The van der Waals surface area contributed by atoms with Crippen LogP contribution in [0.2, 0.25) is 0 Å². The standard InChI is InChI=1S/C49H100N2O3/c1-4-6-8-10-12-14-16-18-20-22-24-26-28-30-32-34-36-38-41-48(47-51-49(52)50-43-40-44-54-46-45-53-3)42-39-37-35-33-31-29-27-25-23-21-19-17-15-13-11-9-7-5-2/h48H,4-47H2,1-3H3,(H2,50,51,52). The maximum Gasteiger partial charge on any atom is 0.314 e. The molecule has 0 aliphatic rings. The van der Waals surface area contributed by atoms with Crippen LogP contribution in [0.3, 0.4) is 0 Å². The Morgan fingerprint density at radius 1 is 0.389 bits per heavy atom. The van der Waals surface area contributed by atoms with Crippen molar-refractivity contribution in [2.45, 2.75) is 264 Å². The molecular weight excluding hydrogens is 665 g/mol. The lowest BCUT2D eigenvalue weighted by Crippen LogP contribution is -2.39. The quantitative estimate of drug-likeness (QED) is 0.0607. The van der Waals surface area contributed by atoms with Crippen molar-refractivity contribution in [3.8, 4) is 0 Å². The first-order valence-electron chi connectivity index (χ1n) is 24.8. The van der Waals surface area contributed by atoms with Crippen LogP contribution in [0, 0.1) is 5.92 Å². The summed E-state index contributed by atoms with van der Waals surface area (Å²) in [6, 6.07) is -0.0208. The average Bonchev–Trinajstić information content (AvgIpc) is 3.18. The highest BCUT2D eigenvalue weighted by Gasteiger charge is 2.11. The Morgan fingerprint density at radius 2 is 0.704 bits per heavy atom. The number of methoxy groups -OCH3 is 1. The molecule has 0 rings (SSSR count). The molecule has 0 saturated heterocycles. The molecule has 0 aliphatic carbocycles. The molecule has 0 heterocycles. The molecule has 0 aliphatic heterocycles. The van der Waals surface area contributed by atoms with Crippen molar-refractivity contribution in [1.82, 2.24) is 10.6 Å². The van der Waals surface area contributed by atoms with Crippen molar-refractivity contribution in [2.24, 2.45) is 5.92 Å². The lowest BCUT2D eigenvalue weighted by molar-refractivity contribution is 0.0697. The van der Waals surface area contributed by atoms with Gasteiger partial charge < -0.3 is 20.1 Å². The van der Waals surface area contributed by atoms with E-state index >= 15 is 0 Å². The molecule has 0 bridgehead atoms. The van der Waals surface area contributed by atoms with E-state index in [1.54, 1.807) is 7.11 Å². The van der Waals surface area contributed by atoms with Crippen LogP contribution in [-0.4, -0.2) is 46.1 Å². The minimum Gasteiger partial charge on any atom is -0.382 e. The van der Waals surface area contributed by atoms with Gasteiger partial charge in [-0.25, -0.2) is 4.79 Å². The highest BCUT2D eigenvalue weighted by atomic mass is 16.5. The molecule has 5 heteroatoms. The maximum absolute atomic E-state index is 12.5. The van der Waals surface area contributed by atoms with E-state index in [1.807, 2.05) is 0 Å². The van der Waals surface area contributed by atoms with Crippen LogP contribution in [0.25, 0.3) is 0 Å². The Kier molecular flexibility index (Phi) is 47.6. The lowest BCUT2D eigenvalue weighted by atomic mass is 9.94. The smallest absolute Gasteiger partial charge is 0.314 e. The van der Waals surface area contributed by atoms with Gasteiger partial charge in [0.2, 0.25) is 0 Å². The summed E-state index contributed by atoms with van der Waals surface area (Å²) in [6.45, 7) is 7.96. The van der Waals surface area contributed by atoms with E-state index in [4.69, 9.17) is 9.47 Å². The van der Waals surface area contributed by atoms with Crippen molar-refractivity contribution in [1.29, 1.82) is 0 Å². The molecule has 0 fully saturated rings. The van der Waals surface area contributed by atoms with Gasteiger partial charge >= 0.3 is 6.03 Å². The number of nitrogens with one attached hydrogen (secondary N) is 2. The summed E-state index contributed by atoms with van der Waals surface area (Å²) < 4.78 is 10.5. The van der Waals surface area contributed by atoms with Crippen LogP contribution in [0.4, 0.5) is 4.79 Å². The summed E-state index contributed by atoms with van der Waals surface area (Å²) in [5, 5.41) is 6.22. The Bertz CT molecular complexity index is 650. The predicted molar refractivity (Wildman–Crippen MR) is 239 cm³/mol. The topological polar surface area (TPSA) is 59.6 Å². The third kappa shape index (κ3) is 45.6. The molecule has 324 valence electrons. The van der Waals surface area contributed by atoms with Crippen molar-refractivity contribution in [3.63, 3.8) is 0 Å². The zero-order valence-electron chi connectivity index (χ0n) is 37.4. The third-order valence-corrected chi connectivity index (χ3v) is 11.7. The Balaban J connectivity index is 3.96. The number of carbonyl (C=O) groups excluding carboxylic acids is 1. The van der Waals surface area contributed by atoms with E-state index in [2.05, 4.69) is 24.5 Å². The van der Waals surface area contributed by atoms with Gasteiger partial charge in [0.15, 0.2) is 0 Å². The zero-order chi connectivity index (χ0) is 39.1. The number of rotatable bonds is 47. The fraction of sp³-hybridized carbons (Fsp3) is 0.980. The fourth-order valence-electron chi connectivity index (χ4n) is 7.94. The summed E-state index contributed by atoms with van der Waals surface area (Å²) in [6.07, 6.45) is 54.5. The summed E-state index contributed by atoms with van der Waals surface area (Å²) in [5.41, 5.74) is 0. The van der Waals surface area contributed by atoms with Gasteiger partial charge in [0.1, 0.15) is 0 Å². The minimum atomic E-state index is -0.0208. The van der Waals surface area contributed by atoms with Crippen LogP contribution >= 0.6 is 0 Å². The third-order valence-electron chi connectivity index (χ3n) is 11.7. The molecular formula is C49H100N2O3. The molecule has 0 unspecified atom stereocenters. The van der Waals surface area contributed by atoms with Crippen LogP contribution in [0.5, 0.6) is 0 Å². The summed E-state index contributed by atoms with van der Waals surface area (Å²) in [5.74, 6) is 0.607. The maximum atomic E-state index is 12.5. The number of amides is 2. The van der Waals surface area contributed by atoms with Crippen LogP contribution in [-0.2, 0) is 9.47 Å². The van der Waals surface area contributed by atoms with E-state index in [-0.39, 0.29) is 6.03 Å². The van der Waals surface area contributed by atoms with Gasteiger partial charge in [-0.05, 0) is 25.2 Å². The van der Waals surface area contributed by atoms with E-state index in [9.17, 15) is 4.79 Å². The number of hydrogen-bond acceptors (Lipinski definition) is 3. The molecule has 54 heavy (non-hydrogen) atoms. The van der Waals surface area contributed by atoms with E-state index in [0.29, 0.717) is 32.3 Å². The predicted octanol–water partition coefficient (Wildman–Crippen LogP) is 15.8. The Hall–Kier alpha value is -0.810. The highest BCUT2D eigenvalue weighted by Crippen LogP contribution is 2.20. The normalized spacial score (nSPS) is 11.6. The molecule has 5 nitrogen and oxygen atoms in total. The second kappa shape index (κ2) is 48.3. The van der Waals surface area contributed by atoms with Gasteiger partial charge in [0.05, 0.1) is 13.2 Å². The van der Waals surface area contributed by atoms with E-state index < -0.39 is 0 Å². The Morgan fingerprint density at radius 3 is 1.02 bits per heavy atom. The van der Waals surface area contributed by atoms with Gasteiger partial charge in [-0.3, -0.25) is 0 Å². The number of ether oxygens (including phenoxy) is 2. The molecule has 0 spiro atoms. The van der Waals surface area contributed by atoms with Gasteiger partial charge in [-0.1, -0.05) is 245 Å². The van der Waals surface area contributed by atoms with Crippen molar-refractivity contribution >= 4 is 6.03 Å². The summed E-state index contributed by atoms with van der Waals surface area (Å²) in [7, 11) is 1.69. The van der Waals surface area contributed by atoms with Crippen LogP contribution in [0.1, 0.15) is 264 Å². The van der Waals surface area contributed by atoms with Crippen LogP contribution < -0.4 is 10.6 Å². The van der Waals surface area contributed by atoms with Crippen molar-refractivity contribution in [3.05, 3.63) is 0 Å². The largest absolute Gasteiger partial charge is 0.382 e. The summed E-state index contributed by atoms with van der Waals surface area (Å²) >= 11 is 0. The molecule has 0 aromatic rings. The Labute approximate surface area is 340 Å². The summed E-state index contributed by atoms with van der Waals surface area (Å²) in [4.78, 5) is 12.5. The average molecular weight is 765 g/mol. The highest BCUT2D eigenvalue weighted by molar-refractivity contribution is 5.73. The first kappa shape index (κ1) is 53.2. The molecule has 0 radical (unpaired) electrons. The number of carbonyl (C=O) groups is 1. The van der Waals surface area contributed by atoms with E-state index in [1.165, 1.54) is 244 Å². The second-order valence-corrected chi connectivity index (χ2v) is 17.1. The van der Waals surface area contributed by atoms with Gasteiger partial charge in [-0.2, -0.15) is 0 Å². The zero-order valence-corrected chi connectivity index (χ0v) is 37.4. The number of unbranched alkanes of at least 4 members (excludes halogenated alkanes) is 34. The minimum absolute atomic E-state index is 0.0208. The number of hydrogen-bond donors (Lipinski definition) is 2. The fourth-order valence-corrected chi connectivity index (χ4v) is 7.94. The number of urea groups is 1. The van der Waals surface area contributed by atoms with Crippen molar-refractivity contribution < 1.29 is 14.3 Å². The first-order chi connectivity index (χ1) is 26.7. The van der Waals surface area contributed by atoms with Crippen molar-refractivity contribution in [2.75, 3.05) is 40.0 Å². The SMILES string of the molecule is CCCCCCCCCCCCCCCCCCCCC(CCCCCCCCCCCCCCCCCCCC)CNC(=O)NCCCOCCOC. The molecule has 0 atom stereocenters. The molecule has 2 N–H and O–H groups in total. The van der Waals surface area contributed by atoms with Gasteiger partial charge in [-0.15, -0.1) is 0 Å². The molecule has 0 saturated carbocycles. The second-order valence-electron chi connectivity index (χ2n) is 17.1.